The molecule has 2 aromatic carbocycles. The summed E-state index contributed by atoms with van der Waals surface area (Å²) in [7, 11) is 0. The maximum absolute atomic E-state index is 13.1. The van der Waals surface area contributed by atoms with Gasteiger partial charge in [-0.05, 0) is 67.1 Å². The Morgan fingerprint density at radius 3 is 2.24 bits per heavy atom. The minimum Gasteiger partial charge on any atom is -0.494 e. The van der Waals surface area contributed by atoms with Crippen LogP contribution in [0.1, 0.15) is 30.7 Å². The first-order valence-corrected chi connectivity index (χ1v) is 8.55. The number of nitrogens with one attached hydrogen (secondary N) is 1. The smallest absolute Gasteiger partial charge is 0.227 e. The van der Waals surface area contributed by atoms with Crippen LogP contribution in [0.5, 0.6) is 5.75 Å². The fourth-order valence-electron chi connectivity index (χ4n) is 2.85. The van der Waals surface area contributed by atoms with E-state index in [1.807, 2.05) is 0 Å². The second-order valence-electron chi connectivity index (χ2n) is 6.31. The molecule has 0 heterocycles. The highest BCUT2D eigenvalue weighted by atomic mass is 19.1. The first kappa shape index (κ1) is 17.4. The molecule has 0 radical (unpaired) electrons. The zero-order chi connectivity index (χ0) is 17.6. The first-order valence-electron chi connectivity index (χ1n) is 8.55. The number of hydrogen-bond donors (Lipinski definition) is 1. The van der Waals surface area contributed by atoms with E-state index in [0.717, 1.165) is 18.4 Å². The molecule has 1 atom stereocenters. The molecule has 1 saturated carbocycles. The van der Waals surface area contributed by atoms with Gasteiger partial charge in [0.05, 0.1) is 12.5 Å². The van der Waals surface area contributed by atoms with Crippen LogP contribution in [0, 0.1) is 17.6 Å². The van der Waals surface area contributed by atoms with Gasteiger partial charge in [-0.2, -0.15) is 0 Å². The summed E-state index contributed by atoms with van der Waals surface area (Å²) < 4.78 is 31.4. The Hall–Kier alpha value is -2.43. The summed E-state index contributed by atoms with van der Waals surface area (Å²) in [5.41, 5.74) is 0.865. The summed E-state index contributed by atoms with van der Waals surface area (Å²) in [5.74, 6) is 0.133. The second-order valence-corrected chi connectivity index (χ2v) is 6.31. The summed E-state index contributed by atoms with van der Waals surface area (Å²) in [6.07, 6.45) is 2.72. The zero-order valence-corrected chi connectivity index (χ0v) is 13.9. The van der Waals surface area contributed by atoms with Crippen molar-refractivity contribution in [2.45, 2.75) is 25.2 Å². The molecule has 1 N–H and O–H groups in total. The van der Waals surface area contributed by atoms with Gasteiger partial charge in [0.15, 0.2) is 0 Å². The normalized spacial score (nSPS) is 14.8. The molecule has 25 heavy (non-hydrogen) atoms. The van der Waals surface area contributed by atoms with Crippen LogP contribution in [0.3, 0.4) is 0 Å². The molecule has 132 valence electrons. The molecule has 0 saturated heterocycles. The van der Waals surface area contributed by atoms with Crippen LogP contribution in [0.25, 0.3) is 0 Å². The number of amides is 1. The number of halogens is 2. The van der Waals surface area contributed by atoms with Gasteiger partial charge >= 0.3 is 0 Å². The Balaban J connectivity index is 1.44. The van der Waals surface area contributed by atoms with Crippen LogP contribution in [0.2, 0.25) is 0 Å². The highest BCUT2D eigenvalue weighted by Gasteiger charge is 2.37. The Kier molecular flexibility index (Phi) is 5.64. The van der Waals surface area contributed by atoms with Crippen LogP contribution in [0.4, 0.5) is 8.78 Å². The van der Waals surface area contributed by atoms with Gasteiger partial charge in [-0.15, -0.1) is 0 Å². The highest BCUT2D eigenvalue weighted by molar-refractivity contribution is 5.84. The highest BCUT2D eigenvalue weighted by Crippen LogP contribution is 2.42. The van der Waals surface area contributed by atoms with E-state index in [2.05, 4.69) is 5.32 Å². The van der Waals surface area contributed by atoms with Gasteiger partial charge in [0.1, 0.15) is 17.4 Å². The monoisotopic (exact) mass is 345 g/mol. The molecule has 0 spiro atoms. The van der Waals surface area contributed by atoms with Crippen LogP contribution in [0.15, 0.2) is 48.5 Å². The quantitative estimate of drug-likeness (QED) is 0.733. The Labute approximate surface area is 146 Å². The van der Waals surface area contributed by atoms with Crippen molar-refractivity contribution in [3.8, 4) is 5.75 Å². The van der Waals surface area contributed by atoms with Crippen LogP contribution < -0.4 is 10.1 Å². The molecule has 3 rings (SSSR count). The lowest BCUT2D eigenvalue weighted by Crippen LogP contribution is -2.31. The van der Waals surface area contributed by atoms with Crippen molar-refractivity contribution >= 4 is 5.91 Å². The third-order valence-electron chi connectivity index (χ3n) is 4.31. The second kappa shape index (κ2) is 8.10. The minimum absolute atomic E-state index is 0.0177. The number of rotatable bonds is 8. The van der Waals surface area contributed by atoms with E-state index in [9.17, 15) is 13.6 Å². The molecule has 0 bridgehead atoms. The third kappa shape index (κ3) is 5.02. The number of carbonyl (C=O) groups excluding carboxylic acids is 1. The van der Waals surface area contributed by atoms with Crippen molar-refractivity contribution in [1.29, 1.82) is 0 Å². The largest absolute Gasteiger partial charge is 0.494 e. The summed E-state index contributed by atoms with van der Waals surface area (Å²) in [4.78, 5) is 12.5. The molecule has 0 aliphatic heterocycles. The molecular formula is C20H21F2NO2. The van der Waals surface area contributed by atoms with Crippen molar-refractivity contribution in [2.75, 3.05) is 13.2 Å². The van der Waals surface area contributed by atoms with Gasteiger partial charge in [0.25, 0.3) is 0 Å². The predicted octanol–water partition coefficient (Wildman–Crippen LogP) is 4.04. The van der Waals surface area contributed by atoms with E-state index in [1.54, 1.807) is 24.3 Å². The summed E-state index contributed by atoms with van der Waals surface area (Å²) in [6.45, 7) is 0.945. The van der Waals surface area contributed by atoms with Crippen LogP contribution >= 0.6 is 0 Å². The minimum atomic E-state index is -0.300. The molecule has 1 aliphatic rings. The average Bonchev–Trinajstić information content (AvgIpc) is 3.43. The fraction of sp³-hybridized carbons (Fsp3) is 0.350. The van der Waals surface area contributed by atoms with Gasteiger partial charge in [-0.25, -0.2) is 8.78 Å². The van der Waals surface area contributed by atoms with E-state index in [4.69, 9.17) is 4.74 Å². The molecule has 2 aromatic rings. The van der Waals surface area contributed by atoms with Gasteiger partial charge in [0, 0.05) is 6.54 Å². The van der Waals surface area contributed by atoms with Crippen molar-refractivity contribution < 1.29 is 18.3 Å². The number of carbonyl (C=O) groups is 1. The lowest BCUT2D eigenvalue weighted by Gasteiger charge is -2.17. The lowest BCUT2D eigenvalue weighted by molar-refractivity contribution is -0.123. The Morgan fingerprint density at radius 2 is 1.64 bits per heavy atom. The maximum atomic E-state index is 13.1. The van der Waals surface area contributed by atoms with Crippen molar-refractivity contribution in [1.82, 2.24) is 5.32 Å². The Morgan fingerprint density at radius 1 is 1.04 bits per heavy atom. The van der Waals surface area contributed by atoms with E-state index in [1.165, 1.54) is 24.3 Å². The van der Waals surface area contributed by atoms with Gasteiger partial charge in [-0.3, -0.25) is 4.79 Å². The van der Waals surface area contributed by atoms with Crippen LogP contribution in [-0.2, 0) is 4.79 Å². The SMILES string of the molecule is O=C(NCCCOc1ccc(F)cc1)C(c1ccc(F)cc1)C1CC1. The lowest BCUT2D eigenvalue weighted by atomic mass is 9.93. The van der Waals surface area contributed by atoms with Gasteiger partial charge in [0.2, 0.25) is 5.91 Å². The molecule has 1 amide bonds. The summed E-state index contributed by atoms with van der Waals surface area (Å²) in [6, 6.07) is 12.0. The summed E-state index contributed by atoms with van der Waals surface area (Å²) in [5, 5.41) is 2.94. The molecule has 3 nitrogen and oxygen atoms in total. The van der Waals surface area contributed by atoms with Gasteiger partial charge < -0.3 is 10.1 Å². The number of benzene rings is 2. The van der Waals surface area contributed by atoms with E-state index in [-0.39, 0.29) is 23.5 Å². The zero-order valence-electron chi connectivity index (χ0n) is 13.9. The van der Waals surface area contributed by atoms with E-state index < -0.39 is 0 Å². The average molecular weight is 345 g/mol. The molecule has 5 heteroatoms. The standard InChI is InChI=1S/C20H21F2NO2/c21-16-6-4-15(5-7-16)19(14-2-3-14)20(24)23-12-1-13-25-18-10-8-17(22)9-11-18/h4-11,14,19H,1-3,12-13H2,(H,23,24). The molecule has 1 fully saturated rings. The topological polar surface area (TPSA) is 38.3 Å². The first-order chi connectivity index (χ1) is 12.1. The summed E-state index contributed by atoms with van der Waals surface area (Å²) >= 11 is 0. The predicted molar refractivity (Wildman–Crippen MR) is 91.4 cm³/mol. The third-order valence-corrected chi connectivity index (χ3v) is 4.31. The maximum Gasteiger partial charge on any atom is 0.227 e. The van der Waals surface area contributed by atoms with Crippen molar-refractivity contribution in [2.24, 2.45) is 5.92 Å². The number of ether oxygens (including phenoxy) is 1. The molecular weight excluding hydrogens is 324 g/mol. The van der Waals surface area contributed by atoms with Crippen molar-refractivity contribution in [3.63, 3.8) is 0 Å². The molecule has 1 unspecified atom stereocenters. The molecule has 0 aromatic heterocycles. The van der Waals surface area contributed by atoms with E-state index in [0.29, 0.717) is 31.2 Å². The number of hydrogen-bond acceptors (Lipinski definition) is 2. The Bertz CT molecular complexity index is 697. The fourth-order valence-corrected chi connectivity index (χ4v) is 2.85. The van der Waals surface area contributed by atoms with Crippen LogP contribution in [-0.4, -0.2) is 19.1 Å². The molecule has 1 aliphatic carbocycles. The van der Waals surface area contributed by atoms with Gasteiger partial charge in [-0.1, -0.05) is 12.1 Å². The van der Waals surface area contributed by atoms with Crippen molar-refractivity contribution in [3.05, 3.63) is 65.7 Å². The van der Waals surface area contributed by atoms with E-state index >= 15 is 0 Å².